The number of ether oxygens (including phenoxy) is 2. The van der Waals surface area contributed by atoms with Gasteiger partial charge >= 0.3 is 6.09 Å². The third kappa shape index (κ3) is 4.86. The molecule has 2 aromatic carbocycles. The van der Waals surface area contributed by atoms with Gasteiger partial charge in [-0.3, -0.25) is 4.90 Å². The minimum atomic E-state index is -0.833. The van der Waals surface area contributed by atoms with Crippen molar-refractivity contribution in [2.45, 2.75) is 43.6 Å². The van der Waals surface area contributed by atoms with Crippen LogP contribution in [0.25, 0.3) is 6.08 Å². The number of carbonyl (C=O) groups is 1. The number of aliphatic hydroxyl groups is 1. The third-order valence-corrected chi connectivity index (χ3v) is 5.66. The minimum absolute atomic E-state index is 0.166. The van der Waals surface area contributed by atoms with Crippen LogP contribution in [0, 0.1) is 0 Å². The molecule has 4 rings (SSSR count). The molecule has 2 heterocycles. The fraction of sp³-hybridized carbons (Fsp3) is 0.375. The lowest BCUT2D eigenvalue weighted by Crippen LogP contribution is -2.63. The van der Waals surface area contributed by atoms with Gasteiger partial charge in [-0.25, -0.2) is 4.79 Å². The van der Waals surface area contributed by atoms with E-state index in [1.165, 1.54) is 0 Å². The van der Waals surface area contributed by atoms with Crippen LogP contribution < -0.4 is 0 Å². The van der Waals surface area contributed by atoms with E-state index >= 15 is 0 Å². The first kappa shape index (κ1) is 19.7. The molecule has 0 spiro atoms. The summed E-state index contributed by atoms with van der Waals surface area (Å²) in [6, 6.07) is 19.4. The molecular weight excluding hydrogens is 366 g/mol. The Kier molecular flexibility index (Phi) is 5.97. The highest BCUT2D eigenvalue weighted by atomic mass is 16.6. The number of hydrogen-bond donors (Lipinski definition) is 1. The van der Waals surface area contributed by atoms with Gasteiger partial charge in [-0.1, -0.05) is 72.8 Å². The molecule has 5 heteroatoms. The predicted octanol–water partition coefficient (Wildman–Crippen LogP) is 4.02. The molecule has 152 valence electrons. The van der Waals surface area contributed by atoms with Crippen LogP contribution in [0.5, 0.6) is 0 Å². The van der Waals surface area contributed by atoms with E-state index in [-0.39, 0.29) is 24.8 Å². The van der Waals surface area contributed by atoms with E-state index in [9.17, 15) is 9.90 Å². The number of amides is 1. The van der Waals surface area contributed by atoms with Gasteiger partial charge in [0.2, 0.25) is 0 Å². The van der Waals surface area contributed by atoms with Crippen molar-refractivity contribution in [1.29, 1.82) is 0 Å². The summed E-state index contributed by atoms with van der Waals surface area (Å²) in [5.41, 5.74) is 1.24. The van der Waals surface area contributed by atoms with Crippen LogP contribution in [-0.2, 0) is 16.1 Å². The average molecular weight is 393 g/mol. The molecular formula is C24H27NO4. The van der Waals surface area contributed by atoms with Gasteiger partial charge in [-0.15, -0.1) is 0 Å². The molecule has 0 radical (unpaired) electrons. The molecule has 1 amide bonds. The van der Waals surface area contributed by atoms with Crippen LogP contribution in [0.1, 0.15) is 30.4 Å². The van der Waals surface area contributed by atoms with Crippen molar-refractivity contribution in [3.8, 4) is 0 Å². The molecule has 5 nitrogen and oxygen atoms in total. The normalized spacial score (nSPS) is 26.4. The smallest absolute Gasteiger partial charge is 0.410 e. The highest BCUT2D eigenvalue weighted by molar-refractivity contribution is 5.69. The van der Waals surface area contributed by atoms with E-state index in [1.54, 1.807) is 4.90 Å². The van der Waals surface area contributed by atoms with E-state index in [0.29, 0.717) is 32.5 Å². The second kappa shape index (κ2) is 8.80. The Morgan fingerprint density at radius 1 is 1.07 bits per heavy atom. The van der Waals surface area contributed by atoms with Gasteiger partial charge in [-0.2, -0.15) is 0 Å². The summed E-state index contributed by atoms with van der Waals surface area (Å²) in [7, 11) is 0. The number of carbonyl (C=O) groups excluding carboxylic acids is 1. The maximum atomic E-state index is 12.7. The summed E-state index contributed by atoms with van der Waals surface area (Å²) in [6.45, 7) is 1.11. The first-order chi connectivity index (χ1) is 14.1. The maximum absolute atomic E-state index is 12.7. The van der Waals surface area contributed by atoms with Gasteiger partial charge in [-0.05, 0) is 30.4 Å². The Balaban J connectivity index is 1.37. The average Bonchev–Trinajstić information content (AvgIpc) is 2.73. The lowest BCUT2D eigenvalue weighted by Gasteiger charge is -2.50. The third-order valence-electron chi connectivity index (χ3n) is 5.66. The zero-order valence-corrected chi connectivity index (χ0v) is 16.4. The SMILES string of the molecule is O=C(OCc1ccccc1)N1C2COCC1CC(O)(C/C=C/c1ccccc1)C2. The highest BCUT2D eigenvalue weighted by Crippen LogP contribution is 2.37. The molecule has 0 aromatic heterocycles. The van der Waals surface area contributed by atoms with Crippen molar-refractivity contribution in [3.63, 3.8) is 0 Å². The summed E-state index contributed by atoms with van der Waals surface area (Å²) in [4.78, 5) is 14.5. The molecule has 1 N–H and O–H groups in total. The van der Waals surface area contributed by atoms with Crippen LogP contribution in [0.4, 0.5) is 4.79 Å². The summed E-state index contributed by atoms with van der Waals surface area (Å²) in [5, 5.41) is 11.2. The van der Waals surface area contributed by atoms with Gasteiger partial charge in [0.1, 0.15) is 6.61 Å². The summed E-state index contributed by atoms with van der Waals surface area (Å²) in [5.74, 6) is 0. The van der Waals surface area contributed by atoms with E-state index < -0.39 is 5.60 Å². The number of piperidine rings is 1. The zero-order valence-electron chi connectivity index (χ0n) is 16.4. The fourth-order valence-electron chi connectivity index (χ4n) is 4.31. The van der Waals surface area contributed by atoms with Crippen molar-refractivity contribution < 1.29 is 19.4 Å². The predicted molar refractivity (Wildman–Crippen MR) is 111 cm³/mol. The van der Waals surface area contributed by atoms with Gasteiger partial charge in [0.15, 0.2) is 0 Å². The van der Waals surface area contributed by atoms with Crippen molar-refractivity contribution >= 4 is 12.2 Å². The maximum Gasteiger partial charge on any atom is 0.410 e. The standard InChI is InChI=1S/C24H27NO4/c26-23(29-16-20-10-5-2-6-11-20)25-21-14-24(27,15-22(25)18-28-17-21)13-7-12-19-8-3-1-4-9-19/h1-12,21-22,27H,13-18H2/b12-7+. The molecule has 0 aliphatic carbocycles. The summed E-state index contributed by atoms with van der Waals surface area (Å²) >= 11 is 0. The number of nitrogens with zero attached hydrogens (tertiary/aromatic N) is 1. The second-order valence-electron chi connectivity index (χ2n) is 7.94. The Labute approximate surface area is 171 Å². The fourth-order valence-corrected chi connectivity index (χ4v) is 4.31. The zero-order chi connectivity index (χ0) is 20.1. The molecule has 2 bridgehead atoms. The van der Waals surface area contributed by atoms with E-state index in [2.05, 4.69) is 0 Å². The summed E-state index contributed by atoms with van der Waals surface area (Å²) in [6.07, 6.45) is 5.27. The van der Waals surface area contributed by atoms with E-state index in [4.69, 9.17) is 9.47 Å². The van der Waals surface area contributed by atoms with Gasteiger partial charge in [0.25, 0.3) is 0 Å². The topological polar surface area (TPSA) is 59.0 Å². The molecule has 2 aliphatic rings. The lowest BCUT2D eigenvalue weighted by molar-refractivity contribution is -0.132. The largest absolute Gasteiger partial charge is 0.445 e. The van der Waals surface area contributed by atoms with Crippen molar-refractivity contribution in [3.05, 3.63) is 77.9 Å². The molecule has 2 unspecified atom stereocenters. The molecule has 2 saturated heterocycles. The summed E-state index contributed by atoms with van der Waals surface area (Å²) < 4.78 is 11.2. The van der Waals surface area contributed by atoms with Crippen LogP contribution >= 0.6 is 0 Å². The van der Waals surface area contributed by atoms with Crippen molar-refractivity contribution in [2.24, 2.45) is 0 Å². The highest BCUT2D eigenvalue weighted by Gasteiger charge is 2.48. The number of morpholine rings is 1. The Bertz CT molecular complexity index is 822. The Morgan fingerprint density at radius 3 is 2.34 bits per heavy atom. The Hall–Kier alpha value is -2.63. The van der Waals surface area contributed by atoms with Gasteiger partial charge < -0.3 is 14.6 Å². The van der Waals surface area contributed by atoms with Crippen LogP contribution in [0.2, 0.25) is 0 Å². The first-order valence-corrected chi connectivity index (χ1v) is 10.1. The molecule has 2 atom stereocenters. The van der Waals surface area contributed by atoms with E-state index in [0.717, 1.165) is 11.1 Å². The van der Waals surface area contributed by atoms with Crippen LogP contribution in [-0.4, -0.2) is 47.0 Å². The number of rotatable bonds is 5. The second-order valence-corrected chi connectivity index (χ2v) is 7.94. The quantitative estimate of drug-likeness (QED) is 0.834. The monoisotopic (exact) mass is 393 g/mol. The number of fused-ring (bicyclic) bond motifs is 2. The van der Waals surface area contributed by atoms with Gasteiger partial charge in [0, 0.05) is 0 Å². The molecule has 2 aromatic rings. The van der Waals surface area contributed by atoms with Crippen molar-refractivity contribution in [1.82, 2.24) is 4.90 Å². The van der Waals surface area contributed by atoms with Crippen LogP contribution in [0.15, 0.2) is 66.7 Å². The minimum Gasteiger partial charge on any atom is -0.445 e. The Morgan fingerprint density at radius 2 is 1.69 bits per heavy atom. The first-order valence-electron chi connectivity index (χ1n) is 10.1. The van der Waals surface area contributed by atoms with Gasteiger partial charge in [0.05, 0.1) is 30.9 Å². The van der Waals surface area contributed by atoms with Crippen molar-refractivity contribution in [2.75, 3.05) is 13.2 Å². The molecule has 2 aliphatic heterocycles. The van der Waals surface area contributed by atoms with Crippen LogP contribution in [0.3, 0.4) is 0 Å². The van der Waals surface area contributed by atoms with E-state index in [1.807, 2.05) is 72.8 Å². The lowest BCUT2D eigenvalue weighted by atomic mass is 9.79. The molecule has 29 heavy (non-hydrogen) atoms. The number of benzene rings is 2. The molecule has 2 fully saturated rings. The molecule has 0 saturated carbocycles. The number of hydrogen-bond acceptors (Lipinski definition) is 4.